The molecule has 3 amide bonds. The maximum Gasteiger partial charge on any atom is 0.313 e. The number of nitrogens with one attached hydrogen (secondary N) is 2. The van der Waals surface area contributed by atoms with Crippen LogP contribution in [0.2, 0.25) is 0 Å². The van der Waals surface area contributed by atoms with Crippen molar-refractivity contribution in [3.63, 3.8) is 0 Å². The van der Waals surface area contributed by atoms with Gasteiger partial charge in [0.15, 0.2) is 0 Å². The second kappa shape index (κ2) is 9.72. The molecule has 172 valence electrons. The van der Waals surface area contributed by atoms with Crippen LogP contribution < -0.4 is 15.5 Å². The summed E-state index contributed by atoms with van der Waals surface area (Å²) in [7, 11) is 0. The standard InChI is InChI=1S/C24H27N5O4/c1-16(2)24(32)28-11-3-6-17-8-9-18(14-19(17)28)27-23(31)22(30)25-15-20(21-7-4-13-33-21)29-12-5-10-26-29/h4-5,7-10,12-14,16,20H,3,6,11,15H2,1-2H3,(H,25,30)(H,27,31). The predicted molar refractivity (Wildman–Crippen MR) is 123 cm³/mol. The van der Waals surface area contributed by atoms with Gasteiger partial charge in [-0.25, -0.2) is 0 Å². The van der Waals surface area contributed by atoms with Gasteiger partial charge in [-0.3, -0.25) is 19.1 Å². The molecule has 1 aliphatic heterocycles. The summed E-state index contributed by atoms with van der Waals surface area (Å²) < 4.78 is 7.12. The number of furan rings is 1. The van der Waals surface area contributed by atoms with Gasteiger partial charge in [0, 0.05) is 42.8 Å². The SMILES string of the molecule is CC(C)C(=O)N1CCCc2ccc(NC(=O)C(=O)NCC(c3ccco3)n3cccn3)cc21. The number of nitrogens with zero attached hydrogens (tertiary/aromatic N) is 3. The van der Waals surface area contributed by atoms with Crippen molar-refractivity contribution in [2.24, 2.45) is 5.92 Å². The van der Waals surface area contributed by atoms with E-state index in [-0.39, 0.29) is 24.4 Å². The van der Waals surface area contributed by atoms with E-state index in [0.29, 0.717) is 18.0 Å². The molecule has 2 aromatic heterocycles. The molecule has 3 aromatic rings. The number of benzene rings is 1. The van der Waals surface area contributed by atoms with Crippen LogP contribution in [0.25, 0.3) is 0 Å². The van der Waals surface area contributed by atoms with Crippen LogP contribution in [-0.4, -0.2) is 40.6 Å². The Labute approximate surface area is 191 Å². The molecule has 3 heterocycles. The third-order valence-corrected chi connectivity index (χ3v) is 5.60. The second-order valence-electron chi connectivity index (χ2n) is 8.27. The van der Waals surface area contributed by atoms with E-state index in [1.54, 1.807) is 58.6 Å². The van der Waals surface area contributed by atoms with Crippen molar-refractivity contribution in [1.82, 2.24) is 15.1 Å². The Hall–Kier alpha value is -3.88. The average Bonchev–Trinajstić information content (AvgIpc) is 3.53. The van der Waals surface area contributed by atoms with Crippen molar-refractivity contribution < 1.29 is 18.8 Å². The van der Waals surface area contributed by atoms with Crippen LogP contribution >= 0.6 is 0 Å². The fourth-order valence-electron chi connectivity index (χ4n) is 3.92. The van der Waals surface area contributed by atoms with Crippen molar-refractivity contribution in [2.75, 3.05) is 23.3 Å². The molecular weight excluding hydrogens is 422 g/mol. The van der Waals surface area contributed by atoms with Crippen LogP contribution in [0.1, 0.15) is 37.6 Å². The molecule has 33 heavy (non-hydrogen) atoms. The van der Waals surface area contributed by atoms with Crippen LogP contribution in [0, 0.1) is 5.92 Å². The Morgan fingerprint density at radius 2 is 2.00 bits per heavy atom. The third kappa shape index (κ3) is 4.97. The van der Waals surface area contributed by atoms with Crippen molar-refractivity contribution in [1.29, 1.82) is 0 Å². The molecular formula is C24H27N5O4. The topological polar surface area (TPSA) is 109 Å². The minimum Gasteiger partial charge on any atom is -0.467 e. The minimum absolute atomic E-state index is 0.0414. The number of hydrogen-bond acceptors (Lipinski definition) is 5. The zero-order valence-electron chi connectivity index (χ0n) is 18.7. The molecule has 0 aliphatic carbocycles. The molecule has 0 saturated heterocycles. The summed E-state index contributed by atoms with van der Waals surface area (Å²) in [5, 5.41) is 9.50. The number of fused-ring (bicyclic) bond motifs is 1. The smallest absolute Gasteiger partial charge is 0.313 e. The first-order valence-electron chi connectivity index (χ1n) is 11.0. The Balaban J connectivity index is 1.42. The summed E-state index contributed by atoms with van der Waals surface area (Å²) in [5.74, 6) is -1.03. The van der Waals surface area contributed by atoms with Gasteiger partial charge in [0.05, 0.1) is 6.26 Å². The number of hydrogen-bond donors (Lipinski definition) is 2. The van der Waals surface area contributed by atoms with Gasteiger partial charge in [-0.05, 0) is 48.7 Å². The van der Waals surface area contributed by atoms with Crippen LogP contribution in [0.15, 0.2) is 59.5 Å². The van der Waals surface area contributed by atoms with Crippen LogP contribution in [0.5, 0.6) is 0 Å². The van der Waals surface area contributed by atoms with E-state index in [0.717, 1.165) is 24.1 Å². The molecule has 9 nitrogen and oxygen atoms in total. The van der Waals surface area contributed by atoms with E-state index in [2.05, 4.69) is 15.7 Å². The monoisotopic (exact) mass is 449 g/mol. The van der Waals surface area contributed by atoms with Crippen molar-refractivity contribution in [3.05, 3.63) is 66.4 Å². The first kappa shape index (κ1) is 22.3. The third-order valence-electron chi connectivity index (χ3n) is 5.60. The maximum absolute atomic E-state index is 12.6. The predicted octanol–water partition coefficient (Wildman–Crippen LogP) is 2.76. The second-order valence-corrected chi connectivity index (χ2v) is 8.27. The van der Waals surface area contributed by atoms with E-state index in [4.69, 9.17) is 4.42 Å². The lowest BCUT2D eigenvalue weighted by atomic mass is 9.99. The van der Waals surface area contributed by atoms with Gasteiger partial charge in [-0.2, -0.15) is 5.10 Å². The molecule has 0 saturated carbocycles. The summed E-state index contributed by atoms with van der Waals surface area (Å²) in [5.41, 5.74) is 2.31. The van der Waals surface area contributed by atoms with Crippen LogP contribution in [-0.2, 0) is 20.8 Å². The quantitative estimate of drug-likeness (QED) is 0.563. The summed E-state index contributed by atoms with van der Waals surface area (Å²) in [4.78, 5) is 39.4. The Morgan fingerprint density at radius 3 is 2.70 bits per heavy atom. The number of amides is 3. The highest BCUT2D eigenvalue weighted by atomic mass is 16.3. The van der Waals surface area contributed by atoms with E-state index in [1.807, 2.05) is 19.9 Å². The normalized spacial score (nSPS) is 14.0. The molecule has 9 heteroatoms. The lowest BCUT2D eigenvalue weighted by molar-refractivity contribution is -0.136. The Bertz CT molecular complexity index is 1090. The number of carbonyl (C=O) groups excluding carboxylic acids is 3. The van der Waals surface area contributed by atoms with E-state index < -0.39 is 11.8 Å². The maximum atomic E-state index is 12.6. The zero-order chi connectivity index (χ0) is 23.4. The number of anilines is 2. The minimum atomic E-state index is -0.786. The zero-order valence-corrected chi connectivity index (χ0v) is 18.7. The Morgan fingerprint density at radius 1 is 1.15 bits per heavy atom. The van der Waals surface area contributed by atoms with Gasteiger partial charge in [-0.15, -0.1) is 0 Å². The van der Waals surface area contributed by atoms with Gasteiger partial charge < -0.3 is 20.0 Å². The molecule has 0 radical (unpaired) electrons. The summed E-state index contributed by atoms with van der Waals surface area (Å²) in [6.45, 7) is 4.50. The van der Waals surface area contributed by atoms with Gasteiger partial charge in [0.2, 0.25) is 5.91 Å². The van der Waals surface area contributed by atoms with Crippen molar-refractivity contribution in [2.45, 2.75) is 32.7 Å². The summed E-state index contributed by atoms with van der Waals surface area (Å²) in [6.07, 6.45) is 6.70. The fraction of sp³-hybridized carbons (Fsp3) is 0.333. The molecule has 1 aromatic carbocycles. The largest absolute Gasteiger partial charge is 0.467 e. The van der Waals surface area contributed by atoms with Crippen LogP contribution in [0.3, 0.4) is 0 Å². The molecule has 0 spiro atoms. The molecule has 1 unspecified atom stereocenters. The first-order chi connectivity index (χ1) is 15.9. The lowest BCUT2D eigenvalue weighted by Gasteiger charge is -2.31. The molecule has 0 fully saturated rings. The molecule has 0 bridgehead atoms. The lowest BCUT2D eigenvalue weighted by Crippen LogP contribution is -2.39. The van der Waals surface area contributed by atoms with Crippen LogP contribution in [0.4, 0.5) is 11.4 Å². The van der Waals surface area contributed by atoms with Gasteiger partial charge in [-0.1, -0.05) is 19.9 Å². The number of aryl methyl sites for hydroxylation is 1. The van der Waals surface area contributed by atoms with E-state index in [9.17, 15) is 14.4 Å². The summed E-state index contributed by atoms with van der Waals surface area (Å²) >= 11 is 0. The molecule has 1 atom stereocenters. The molecule has 1 aliphatic rings. The highest BCUT2D eigenvalue weighted by molar-refractivity contribution is 6.39. The van der Waals surface area contributed by atoms with Gasteiger partial charge in [0.1, 0.15) is 11.8 Å². The summed E-state index contributed by atoms with van der Waals surface area (Å²) in [6, 6.07) is 10.3. The van der Waals surface area contributed by atoms with Gasteiger partial charge in [0.25, 0.3) is 0 Å². The Kier molecular flexibility index (Phi) is 6.58. The number of aromatic nitrogens is 2. The average molecular weight is 450 g/mol. The van der Waals surface area contributed by atoms with Gasteiger partial charge >= 0.3 is 11.8 Å². The highest BCUT2D eigenvalue weighted by Crippen LogP contribution is 2.31. The first-order valence-corrected chi connectivity index (χ1v) is 11.0. The van der Waals surface area contributed by atoms with Crippen molar-refractivity contribution >= 4 is 29.1 Å². The van der Waals surface area contributed by atoms with Crippen molar-refractivity contribution in [3.8, 4) is 0 Å². The highest BCUT2D eigenvalue weighted by Gasteiger charge is 2.25. The van der Waals surface area contributed by atoms with E-state index in [1.165, 1.54) is 0 Å². The molecule has 4 rings (SSSR count). The number of rotatable bonds is 6. The van der Waals surface area contributed by atoms with E-state index >= 15 is 0 Å². The molecule has 2 N–H and O–H groups in total. The fourth-order valence-corrected chi connectivity index (χ4v) is 3.92. The number of carbonyl (C=O) groups is 3.